The smallest absolute Gasteiger partial charge is 0.338 e. The number of ether oxygens (including phenoxy) is 1. The first-order chi connectivity index (χ1) is 13.9. The number of para-hydroxylation sites is 1. The molecule has 2 aromatic rings. The number of carbonyl (C=O) groups is 4. The van der Waals surface area contributed by atoms with E-state index < -0.39 is 24.0 Å². The number of benzene rings is 2. The molecule has 1 fully saturated rings. The topological polar surface area (TPSA) is 105 Å². The highest BCUT2D eigenvalue weighted by Crippen LogP contribution is 2.22. The van der Waals surface area contributed by atoms with E-state index in [1.165, 1.54) is 19.1 Å². The molecule has 150 valence electrons. The Labute approximate surface area is 167 Å². The zero-order valence-electron chi connectivity index (χ0n) is 15.9. The molecule has 0 spiro atoms. The normalized spacial score (nSPS) is 14.2. The van der Waals surface area contributed by atoms with Crippen molar-refractivity contribution in [1.82, 2.24) is 5.32 Å². The number of hydrogen-bond donors (Lipinski definition) is 2. The van der Waals surface area contributed by atoms with Gasteiger partial charge in [-0.25, -0.2) is 9.59 Å². The van der Waals surface area contributed by atoms with Gasteiger partial charge in [0.25, 0.3) is 5.91 Å². The highest BCUT2D eigenvalue weighted by atomic mass is 16.5. The molecule has 8 heteroatoms. The SMILES string of the molecule is CC(OC(=O)c1ccc(N2CCCC2=O)cc1)C(=O)NC(=O)Nc1ccccc1. The van der Waals surface area contributed by atoms with Crippen molar-refractivity contribution >= 4 is 35.2 Å². The average Bonchev–Trinajstić information content (AvgIpc) is 3.14. The van der Waals surface area contributed by atoms with Gasteiger partial charge in [0.1, 0.15) is 0 Å². The van der Waals surface area contributed by atoms with E-state index in [9.17, 15) is 19.2 Å². The molecule has 1 heterocycles. The number of esters is 1. The van der Waals surface area contributed by atoms with E-state index in [2.05, 4.69) is 10.6 Å². The highest BCUT2D eigenvalue weighted by Gasteiger charge is 2.23. The van der Waals surface area contributed by atoms with Gasteiger partial charge in [-0.15, -0.1) is 0 Å². The lowest BCUT2D eigenvalue weighted by Gasteiger charge is -2.16. The van der Waals surface area contributed by atoms with Crippen LogP contribution in [0.2, 0.25) is 0 Å². The van der Waals surface area contributed by atoms with Crippen LogP contribution in [0, 0.1) is 0 Å². The van der Waals surface area contributed by atoms with Gasteiger partial charge in [-0.2, -0.15) is 0 Å². The molecule has 1 aliphatic rings. The van der Waals surface area contributed by atoms with Crippen LogP contribution in [0.1, 0.15) is 30.1 Å². The summed E-state index contributed by atoms with van der Waals surface area (Å²) in [5.41, 5.74) is 1.49. The van der Waals surface area contributed by atoms with Crippen molar-refractivity contribution in [2.24, 2.45) is 0 Å². The highest BCUT2D eigenvalue weighted by molar-refractivity contribution is 6.03. The minimum absolute atomic E-state index is 0.0550. The van der Waals surface area contributed by atoms with Crippen molar-refractivity contribution in [3.05, 3.63) is 60.2 Å². The van der Waals surface area contributed by atoms with Gasteiger partial charge in [-0.1, -0.05) is 18.2 Å². The summed E-state index contributed by atoms with van der Waals surface area (Å²) in [5.74, 6) is -1.39. The predicted molar refractivity (Wildman–Crippen MR) is 107 cm³/mol. The van der Waals surface area contributed by atoms with Crippen LogP contribution in [0.25, 0.3) is 0 Å². The number of imide groups is 1. The summed E-state index contributed by atoms with van der Waals surface area (Å²) in [6.07, 6.45) is 0.172. The van der Waals surface area contributed by atoms with Gasteiger partial charge >= 0.3 is 12.0 Å². The molecule has 0 radical (unpaired) electrons. The molecular formula is C21H21N3O5. The van der Waals surface area contributed by atoms with E-state index >= 15 is 0 Å². The predicted octanol–water partition coefficient (Wildman–Crippen LogP) is 2.71. The van der Waals surface area contributed by atoms with Crippen molar-refractivity contribution in [3.8, 4) is 0 Å². The minimum atomic E-state index is -1.16. The molecule has 1 aliphatic heterocycles. The van der Waals surface area contributed by atoms with Gasteiger partial charge in [-0.3, -0.25) is 14.9 Å². The first kappa shape index (κ1) is 20.1. The van der Waals surface area contributed by atoms with Gasteiger partial charge < -0.3 is 15.0 Å². The van der Waals surface area contributed by atoms with Crippen molar-refractivity contribution in [2.75, 3.05) is 16.8 Å². The molecule has 1 saturated heterocycles. The molecule has 29 heavy (non-hydrogen) atoms. The van der Waals surface area contributed by atoms with E-state index in [0.717, 1.165) is 6.42 Å². The summed E-state index contributed by atoms with van der Waals surface area (Å²) in [7, 11) is 0. The molecule has 1 atom stereocenters. The molecule has 0 bridgehead atoms. The lowest BCUT2D eigenvalue weighted by Crippen LogP contribution is -2.41. The van der Waals surface area contributed by atoms with Crippen LogP contribution in [0.3, 0.4) is 0 Å². The lowest BCUT2D eigenvalue weighted by molar-refractivity contribution is -0.127. The zero-order chi connectivity index (χ0) is 20.8. The van der Waals surface area contributed by atoms with E-state index in [4.69, 9.17) is 4.74 Å². The molecule has 2 aromatic carbocycles. The Balaban J connectivity index is 1.52. The van der Waals surface area contributed by atoms with Gasteiger partial charge in [0, 0.05) is 24.3 Å². The fraction of sp³-hybridized carbons (Fsp3) is 0.238. The van der Waals surface area contributed by atoms with Crippen LogP contribution in [-0.4, -0.2) is 36.5 Å². The lowest BCUT2D eigenvalue weighted by atomic mass is 10.2. The molecule has 0 aromatic heterocycles. The summed E-state index contributed by atoms with van der Waals surface area (Å²) >= 11 is 0. The third-order valence-electron chi connectivity index (χ3n) is 4.41. The maximum absolute atomic E-state index is 12.2. The minimum Gasteiger partial charge on any atom is -0.449 e. The summed E-state index contributed by atoms with van der Waals surface area (Å²) in [5, 5.41) is 4.63. The second-order valence-corrected chi connectivity index (χ2v) is 6.55. The van der Waals surface area contributed by atoms with E-state index in [-0.39, 0.29) is 11.5 Å². The molecule has 2 N–H and O–H groups in total. The largest absolute Gasteiger partial charge is 0.449 e. The summed E-state index contributed by atoms with van der Waals surface area (Å²) in [6, 6.07) is 14.3. The van der Waals surface area contributed by atoms with E-state index in [1.54, 1.807) is 47.4 Å². The molecule has 4 amide bonds. The van der Waals surface area contributed by atoms with Gasteiger partial charge in [0.05, 0.1) is 5.56 Å². The van der Waals surface area contributed by atoms with Crippen LogP contribution in [0.15, 0.2) is 54.6 Å². The molecule has 0 aliphatic carbocycles. The first-order valence-electron chi connectivity index (χ1n) is 9.22. The second-order valence-electron chi connectivity index (χ2n) is 6.55. The van der Waals surface area contributed by atoms with Crippen LogP contribution in [-0.2, 0) is 14.3 Å². The maximum atomic E-state index is 12.2. The standard InChI is InChI=1S/C21H21N3O5/c1-14(19(26)23-21(28)22-16-6-3-2-4-7-16)29-20(27)15-9-11-17(12-10-15)24-13-5-8-18(24)25/h2-4,6-7,9-12,14H,5,8,13H2,1H3,(H2,22,23,26,28). The zero-order valence-corrected chi connectivity index (χ0v) is 15.9. The summed E-state index contributed by atoms with van der Waals surface area (Å²) in [6.45, 7) is 2.03. The molecule has 1 unspecified atom stereocenters. The Bertz CT molecular complexity index is 912. The van der Waals surface area contributed by atoms with Crippen molar-refractivity contribution < 1.29 is 23.9 Å². The number of anilines is 2. The second kappa shape index (κ2) is 9.01. The average molecular weight is 395 g/mol. The molecular weight excluding hydrogens is 374 g/mol. The molecule has 8 nitrogen and oxygen atoms in total. The van der Waals surface area contributed by atoms with Crippen LogP contribution < -0.4 is 15.5 Å². The number of urea groups is 1. The Morgan fingerprint density at radius 3 is 2.34 bits per heavy atom. The van der Waals surface area contributed by atoms with Gasteiger partial charge in [-0.05, 0) is 49.7 Å². The van der Waals surface area contributed by atoms with Gasteiger partial charge in [0.15, 0.2) is 6.10 Å². The van der Waals surface area contributed by atoms with Crippen molar-refractivity contribution in [3.63, 3.8) is 0 Å². The van der Waals surface area contributed by atoms with Crippen LogP contribution >= 0.6 is 0 Å². The number of nitrogens with one attached hydrogen (secondary N) is 2. The maximum Gasteiger partial charge on any atom is 0.338 e. The Morgan fingerprint density at radius 2 is 1.72 bits per heavy atom. The summed E-state index contributed by atoms with van der Waals surface area (Å²) < 4.78 is 5.12. The number of carbonyl (C=O) groups excluding carboxylic acids is 4. The van der Waals surface area contributed by atoms with Crippen molar-refractivity contribution in [2.45, 2.75) is 25.9 Å². The number of amides is 4. The van der Waals surface area contributed by atoms with Gasteiger partial charge in [0.2, 0.25) is 5.91 Å². The molecule has 0 saturated carbocycles. The number of hydrogen-bond acceptors (Lipinski definition) is 5. The third-order valence-corrected chi connectivity index (χ3v) is 4.41. The molecule has 3 rings (SSSR count). The van der Waals surface area contributed by atoms with Crippen LogP contribution in [0.5, 0.6) is 0 Å². The quantitative estimate of drug-likeness (QED) is 0.758. The number of rotatable bonds is 5. The fourth-order valence-corrected chi connectivity index (χ4v) is 2.88. The Kier molecular flexibility index (Phi) is 6.23. The van der Waals surface area contributed by atoms with E-state index in [1.807, 2.05) is 0 Å². The monoisotopic (exact) mass is 395 g/mol. The van der Waals surface area contributed by atoms with Crippen molar-refractivity contribution in [1.29, 1.82) is 0 Å². The number of nitrogens with zero attached hydrogens (tertiary/aromatic N) is 1. The Morgan fingerprint density at radius 1 is 1.03 bits per heavy atom. The van der Waals surface area contributed by atoms with E-state index in [0.29, 0.717) is 24.3 Å². The third kappa shape index (κ3) is 5.19. The van der Waals surface area contributed by atoms with Crippen LogP contribution in [0.4, 0.5) is 16.2 Å². The first-order valence-corrected chi connectivity index (χ1v) is 9.22. The summed E-state index contributed by atoms with van der Waals surface area (Å²) in [4.78, 5) is 49.6. The Hall–Kier alpha value is -3.68. The fourth-order valence-electron chi connectivity index (χ4n) is 2.88.